The Balaban J connectivity index is 0.0000189. The smallest absolute Gasteiger partial charge is 0.481 e. The molecule has 0 spiro atoms. The standard InChI is InChI=1S/C54H86N14O16.Lu/c1-55-51-60-52(57-39-16-14-38(15-17-39)32-40-33-66(36-47(76)77)25-24-64(34-45(72)73)22-23-65(35-46(74)75)28-31-68(40)37-48(78)79)62-53(61-51)67-29-26-63(27-30-67)21-11-7-5-3-2-4-6-8-13-43(69)56-20-10-9-12-41(49(80)81)58-54(84)59-42(50(82)83)18-19-44(70)71;/h14-17,40-42H,2-13,18-37H2,1H3,(H,56,69)(H,70,71)(H,72,73)(H,74,75)(H,76,77)(H,78,79)(H,80,81)(H,82,83)(H2,58,59,84)(H2,55,57,60,61,62);/q;+3/t40?,41-,42-;/m0./s1. The molecule has 2 aliphatic rings. The van der Waals surface area contributed by atoms with Crippen molar-refractivity contribution in [1.82, 2.24) is 55.4 Å². The van der Waals surface area contributed by atoms with Gasteiger partial charge in [0.1, 0.15) is 12.1 Å². The van der Waals surface area contributed by atoms with E-state index >= 15 is 0 Å². The first-order valence-corrected chi connectivity index (χ1v) is 28.7. The second-order valence-electron chi connectivity index (χ2n) is 21.1. The van der Waals surface area contributed by atoms with Crippen LogP contribution < -0.4 is 31.5 Å². The van der Waals surface area contributed by atoms with Gasteiger partial charge in [-0.05, 0) is 69.2 Å². The van der Waals surface area contributed by atoms with Gasteiger partial charge in [-0.25, -0.2) is 14.4 Å². The summed E-state index contributed by atoms with van der Waals surface area (Å²) in [7, 11) is 1.73. The zero-order chi connectivity index (χ0) is 61.4. The number of rotatable bonds is 37. The minimum atomic E-state index is -1.49. The van der Waals surface area contributed by atoms with Crippen molar-refractivity contribution >= 4 is 77.3 Å². The predicted octanol–water partition coefficient (Wildman–Crippen LogP) is 1.12. The van der Waals surface area contributed by atoms with Gasteiger partial charge in [-0.2, -0.15) is 15.0 Å². The zero-order valence-electron chi connectivity index (χ0n) is 48.3. The van der Waals surface area contributed by atoms with Crippen molar-refractivity contribution < 1.29 is 116 Å². The third kappa shape index (κ3) is 30.6. The van der Waals surface area contributed by atoms with E-state index in [4.69, 9.17) is 10.1 Å². The molecule has 2 aliphatic heterocycles. The van der Waals surface area contributed by atoms with Gasteiger partial charge in [0.2, 0.25) is 23.8 Å². The van der Waals surface area contributed by atoms with E-state index in [2.05, 4.69) is 46.4 Å². The van der Waals surface area contributed by atoms with E-state index in [-0.39, 0.29) is 128 Å². The van der Waals surface area contributed by atoms with Crippen LogP contribution in [0.1, 0.15) is 95.5 Å². The molecule has 0 aliphatic carbocycles. The fourth-order valence-electron chi connectivity index (χ4n) is 9.94. The quantitative estimate of drug-likeness (QED) is 0.0422. The summed E-state index contributed by atoms with van der Waals surface area (Å²) in [5.74, 6) is -7.14. The number of urea groups is 1. The summed E-state index contributed by atoms with van der Waals surface area (Å²) in [4.78, 5) is 131. The van der Waals surface area contributed by atoms with Crippen LogP contribution in [0.15, 0.2) is 24.3 Å². The summed E-state index contributed by atoms with van der Waals surface area (Å²) >= 11 is 0. The van der Waals surface area contributed by atoms with Gasteiger partial charge in [0.05, 0.1) is 26.2 Å². The largest absolute Gasteiger partial charge is 3.00 e. The normalized spacial score (nSPS) is 16.7. The summed E-state index contributed by atoms with van der Waals surface area (Å²) in [5, 5.41) is 79.9. The second kappa shape index (κ2) is 40.1. The molecular weight excluding hydrogens is 1280 g/mol. The average Bonchev–Trinajstić information content (AvgIpc) is 3.47. The zero-order valence-corrected chi connectivity index (χ0v) is 49.9. The predicted molar refractivity (Wildman–Crippen MR) is 306 cm³/mol. The summed E-state index contributed by atoms with van der Waals surface area (Å²) in [5.41, 5.74) is 1.51. The average molecular weight is 1360 g/mol. The van der Waals surface area contributed by atoms with Crippen LogP contribution >= 0.6 is 0 Å². The molecule has 30 nitrogen and oxygen atoms in total. The number of nitrogens with one attached hydrogen (secondary N) is 5. The minimum Gasteiger partial charge on any atom is -0.481 e. The molecule has 2 aromatic rings. The Hall–Kier alpha value is -6.31. The Morgan fingerprint density at radius 3 is 1.59 bits per heavy atom. The molecule has 1 aromatic carbocycles. The van der Waals surface area contributed by atoms with E-state index in [0.29, 0.717) is 55.8 Å². The van der Waals surface area contributed by atoms with Crippen LogP contribution in [-0.2, 0) is 44.8 Å². The van der Waals surface area contributed by atoms with Crippen LogP contribution in [0.25, 0.3) is 0 Å². The number of amides is 3. The molecule has 480 valence electrons. The monoisotopic (exact) mass is 1360 g/mol. The molecule has 0 bridgehead atoms. The van der Waals surface area contributed by atoms with Crippen molar-refractivity contribution in [3.8, 4) is 0 Å². The molecule has 0 radical (unpaired) electrons. The first-order valence-electron chi connectivity index (χ1n) is 28.7. The van der Waals surface area contributed by atoms with Crippen molar-refractivity contribution in [2.45, 2.75) is 114 Å². The molecule has 1 unspecified atom stereocenters. The number of carbonyl (C=O) groups excluding carboxylic acids is 2. The Morgan fingerprint density at radius 1 is 0.529 bits per heavy atom. The summed E-state index contributed by atoms with van der Waals surface area (Å²) in [6.07, 6.45) is 9.03. The number of unbranched alkanes of at least 4 members (excludes halogenated alkanes) is 8. The Morgan fingerprint density at radius 2 is 1.04 bits per heavy atom. The van der Waals surface area contributed by atoms with Crippen LogP contribution in [0, 0.1) is 36.9 Å². The number of carboxylic acids is 7. The molecule has 31 heteroatoms. The van der Waals surface area contributed by atoms with Crippen molar-refractivity contribution in [3.63, 3.8) is 0 Å². The fraction of sp³-hybridized carbons (Fsp3) is 0.667. The molecule has 4 rings (SSSR count). The Bertz CT molecular complexity index is 2440. The molecule has 85 heavy (non-hydrogen) atoms. The summed E-state index contributed by atoms with van der Waals surface area (Å²) < 4.78 is 0. The van der Waals surface area contributed by atoms with Crippen LogP contribution in [-0.4, -0.2) is 265 Å². The topological polar surface area (TPSA) is 414 Å². The number of aliphatic carboxylic acids is 7. The number of nitrogens with zero attached hydrogens (tertiary/aromatic N) is 9. The third-order valence-electron chi connectivity index (χ3n) is 14.5. The molecular formula is C54H86LuN14O16+3. The number of hydrogen-bond donors (Lipinski definition) is 12. The maximum atomic E-state index is 12.3. The van der Waals surface area contributed by atoms with Gasteiger partial charge in [-0.1, -0.05) is 50.7 Å². The SMILES string of the molecule is CNc1nc(Nc2ccc(CC3CN(CC(=O)O)CCN(CC(=O)O)CCN(CC(=O)O)CCN3CC(=O)O)cc2)nc(N2CCN(CCCCCCCCCCC(=O)NCCCC[C@H](NC(=O)N[C@@H](CCC(=O)O)C(=O)O)C(=O)O)CC2)n1.[Lu+3]. The number of carbonyl (C=O) groups is 9. The van der Waals surface area contributed by atoms with Gasteiger partial charge < -0.3 is 67.2 Å². The molecule has 12 N–H and O–H groups in total. The molecule has 3 heterocycles. The molecule has 0 saturated carbocycles. The van der Waals surface area contributed by atoms with Crippen molar-refractivity contribution in [2.24, 2.45) is 0 Å². The molecule has 3 atom stereocenters. The van der Waals surface area contributed by atoms with Crippen LogP contribution in [0.3, 0.4) is 0 Å². The number of piperazine rings is 1. The van der Waals surface area contributed by atoms with Gasteiger partial charge in [-0.3, -0.25) is 53.3 Å². The number of benzene rings is 1. The molecule has 1 aromatic heterocycles. The Kier molecular flexibility index (Phi) is 34.5. The number of hydrogen-bond acceptors (Lipinski definition) is 20. The summed E-state index contributed by atoms with van der Waals surface area (Å²) in [6.45, 7) is 4.47. The van der Waals surface area contributed by atoms with Gasteiger partial charge in [0, 0.05) is 110 Å². The number of carboxylic acid groups (broad SMARTS) is 7. The fourth-order valence-corrected chi connectivity index (χ4v) is 9.94. The van der Waals surface area contributed by atoms with Gasteiger partial charge in [0.15, 0.2) is 0 Å². The van der Waals surface area contributed by atoms with Crippen molar-refractivity contribution in [1.29, 1.82) is 0 Å². The van der Waals surface area contributed by atoms with Gasteiger partial charge >= 0.3 is 84.7 Å². The van der Waals surface area contributed by atoms with Crippen molar-refractivity contribution in [3.05, 3.63) is 29.8 Å². The van der Waals surface area contributed by atoms with Crippen LogP contribution in [0.5, 0.6) is 0 Å². The van der Waals surface area contributed by atoms with E-state index < -0.39 is 72.4 Å². The van der Waals surface area contributed by atoms with E-state index in [9.17, 15) is 73.8 Å². The third-order valence-corrected chi connectivity index (χ3v) is 14.5. The van der Waals surface area contributed by atoms with E-state index in [1.54, 1.807) is 26.6 Å². The van der Waals surface area contributed by atoms with E-state index in [0.717, 1.165) is 89.7 Å². The van der Waals surface area contributed by atoms with Gasteiger partial charge in [-0.15, -0.1) is 0 Å². The number of anilines is 4. The Labute approximate surface area is 523 Å². The van der Waals surface area contributed by atoms with Crippen LogP contribution in [0.2, 0.25) is 0 Å². The maximum absolute atomic E-state index is 12.3. The van der Waals surface area contributed by atoms with E-state index in [1.807, 2.05) is 24.3 Å². The first-order chi connectivity index (χ1) is 40.1. The van der Waals surface area contributed by atoms with Crippen LogP contribution in [0.4, 0.5) is 28.3 Å². The molecule has 2 saturated heterocycles. The number of aromatic nitrogens is 3. The van der Waals surface area contributed by atoms with Gasteiger partial charge in [0.25, 0.3) is 0 Å². The van der Waals surface area contributed by atoms with E-state index in [1.165, 1.54) is 0 Å². The molecule has 3 amide bonds. The second-order valence-corrected chi connectivity index (χ2v) is 21.1. The van der Waals surface area contributed by atoms with Crippen molar-refractivity contribution in [2.75, 3.05) is 134 Å². The maximum Gasteiger partial charge on any atom is 3.00 e. The first kappa shape index (κ1) is 73.0. The molecule has 2 fully saturated rings. The summed E-state index contributed by atoms with van der Waals surface area (Å²) in [6, 6.07) is 3.13. The minimum absolute atomic E-state index is 0.